The molecule has 1 spiro atoms. The van der Waals surface area contributed by atoms with Gasteiger partial charge in [-0.15, -0.1) is 11.3 Å². The number of thiophene rings is 1. The Morgan fingerprint density at radius 2 is 1.19 bits per heavy atom. The molecule has 7 aromatic carbocycles. The lowest BCUT2D eigenvalue weighted by Crippen LogP contribution is -2.58. The van der Waals surface area contributed by atoms with Crippen LogP contribution in [0.2, 0.25) is 0 Å². The van der Waals surface area contributed by atoms with Crippen molar-refractivity contribution in [3.8, 4) is 22.3 Å². The first-order chi connectivity index (χ1) is 26.7. The van der Waals surface area contributed by atoms with Crippen LogP contribution >= 0.6 is 11.3 Å². The zero-order valence-electron chi connectivity index (χ0n) is 29.8. The molecule has 0 N–H and O–H groups in total. The predicted octanol–water partition coefficient (Wildman–Crippen LogP) is 14.8. The van der Waals surface area contributed by atoms with Gasteiger partial charge in [0, 0.05) is 54.1 Å². The maximum Gasteiger partial charge on any atom is 0.137 e. The van der Waals surface area contributed by atoms with Gasteiger partial charge in [0.1, 0.15) is 11.2 Å². The highest BCUT2D eigenvalue weighted by atomic mass is 32.1. The average molecular weight is 712 g/mol. The van der Waals surface area contributed by atoms with Crippen LogP contribution in [0.15, 0.2) is 156 Å². The Kier molecular flexibility index (Phi) is 5.92. The van der Waals surface area contributed by atoms with E-state index in [9.17, 15) is 0 Å². The van der Waals surface area contributed by atoms with E-state index in [-0.39, 0.29) is 0 Å². The van der Waals surface area contributed by atoms with Gasteiger partial charge in [0.05, 0.1) is 0 Å². The lowest BCUT2D eigenvalue weighted by atomic mass is 9.37. The minimum absolute atomic E-state index is 0.548. The standard InChI is InChI=1S/C51H37NOS/c1-2-8-39-38(7-1)32-23-33-25-34-26-46(51(33,34)29-32)45-24-31(15-20-40(39)45)30-13-16-35(17-14-30)52(36-18-21-42-41-9-3-5-11-47(41)53-48(42)27-36)37-19-22-44-43-10-4-6-12-49(43)54-50(44)28-37/h1-22,24,27-28,32-34,46H,23,25-26,29H2. The molecule has 0 saturated heterocycles. The third-order valence-corrected chi connectivity index (χ3v) is 15.4. The van der Waals surface area contributed by atoms with E-state index in [1.54, 1.807) is 11.1 Å². The lowest BCUT2D eigenvalue weighted by Gasteiger charge is -2.67. The Bertz CT molecular complexity index is 2890. The van der Waals surface area contributed by atoms with Crippen LogP contribution in [0, 0.1) is 17.3 Å². The van der Waals surface area contributed by atoms with Crippen molar-refractivity contribution in [2.24, 2.45) is 17.3 Å². The Hall–Kier alpha value is -5.64. The van der Waals surface area contributed by atoms with Crippen LogP contribution < -0.4 is 4.90 Å². The minimum Gasteiger partial charge on any atom is -0.456 e. The summed E-state index contributed by atoms with van der Waals surface area (Å²) in [5.74, 6) is 3.27. The van der Waals surface area contributed by atoms with Crippen molar-refractivity contribution in [1.29, 1.82) is 0 Å². The van der Waals surface area contributed by atoms with Gasteiger partial charge in [-0.25, -0.2) is 0 Å². The Morgan fingerprint density at radius 3 is 2.09 bits per heavy atom. The summed E-state index contributed by atoms with van der Waals surface area (Å²) in [6, 6.07) is 56.7. The summed E-state index contributed by atoms with van der Waals surface area (Å²) < 4.78 is 9.02. The first-order valence-electron chi connectivity index (χ1n) is 19.7. The monoisotopic (exact) mass is 711 g/mol. The van der Waals surface area contributed by atoms with Crippen LogP contribution in [0.3, 0.4) is 0 Å². The molecule has 2 bridgehead atoms. The van der Waals surface area contributed by atoms with Crippen LogP contribution in [0.4, 0.5) is 17.1 Å². The number of hydrogen-bond donors (Lipinski definition) is 0. The summed E-state index contributed by atoms with van der Waals surface area (Å²) >= 11 is 1.87. The van der Waals surface area contributed by atoms with Crippen molar-refractivity contribution in [3.05, 3.63) is 163 Å². The molecule has 3 saturated carbocycles. The lowest BCUT2D eigenvalue weighted by molar-refractivity contribution is -0.144. The average Bonchev–Trinajstić information content (AvgIpc) is 3.89. The normalized spacial score (nSPS) is 23.3. The maximum atomic E-state index is 6.41. The summed E-state index contributed by atoms with van der Waals surface area (Å²) in [5, 5.41) is 4.92. The molecule has 13 rings (SSSR count). The third kappa shape index (κ3) is 3.95. The summed E-state index contributed by atoms with van der Waals surface area (Å²) in [6.45, 7) is 0. The fraction of sp³-hybridized carbons (Fsp3) is 0.176. The van der Waals surface area contributed by atoms with E-state index in [1.165, 1.54) is 68.1 Å². The minimum atomic E-state index is 0.548. The number of furan rings is 1. The number of para-hydroxylation sites is 1. The van der Waals surface area contributed by atoms with Crippen molar-refractivity contribution in [2.45, 2.75) is 37.5 Å². The second-order valence-electron chi connectivity index (χ2n) is 16.5. The first-order valence-corrected chi connectivity index (χ1v) is 20.5. The molecule has 3 heteroatoms. The number of hydrogen-bond acceptors (Lipinski definition) is 3. The largest absolute Gasteiger partial charge is 0.456 e. The maximum absolute atomic E-state index is 6.41. The molecule has 3 fully saturated rings. The van der Waals surface area contributed by atoms with E-state index >= 15 is 0 Å². The zero-order chi connectivity index (χ0) is 35.1. The van der Waals surface area contributed by atoms with Gasteiger partial charge in [0.25, 0.3) is 0 Å². The van der Waals surface area contributed by atoms with Crippen molar-refractivity contribution >= 4 is 70.5 Å². The first kappa shape index (κ1) is 29.8. The van der Waals surface area contributed by atoms with E-state index in [0.29, 0.717) is 11.3 Å². The van der Waals surface area contributed by atoms with Crippen LogP contribution in [-0.2, 0) is 0 Å². The summed E-state index contributed by atoms with van der Waals surface area (Å²) in [4.78, 5) is 2.39. The number of benzene rings is 7. The zero-order valence-corrected chi connectivity index (χ0v) is 30.7. The van der Waals surface area contributed by atoms with Gasteiger partial charge in [0.15, 0.2) is 0 Å². The topological polar surface area (TPSA) is 16.4 Å². The summed E-state index contributed by atoms with van der Waals surface area (Å²) in [7, 11) is 0. The van der Waals surface area contributed by atoms with Crippen LogP contribution in [0.5, 0.6) is 0 Å². The van der Waals surface area contributed by atoms with Gasteiger partial charge in [0.2, 0.25) is 0 Å². The Labute approximate surface area is 318 Å². The van der Waals surface area contributed by atoms with Crippen LogP contribution in [0.1, 0.15) is 48.6 Å². The van der Waals surface area contributed by atoms with E-state index < -0.39 is 0 Å². The third-order valence-electron chi connectivity index (χ3n) is 14.2. The van der Waals surface area contributed by atoms with Crippen molar-refractivity contribution < 1.29 is 4.42 Å². The highest BCUT2D eigenvalue weighted by molar-refractivity contribution is 7.25. The van der Waals surface area contributed by atoms with Crippen molar-refractivity contribution in [1.82, 2.24) is 0 Å². The fourth-order valence-corrected chi connectivity index (χ4v) is 13.0. The van der Waals surface area contributed by atoms with E-state index in [0.717, 1.165) is 56.8 Å². The molecule has 54 heavy (non-hydrogen) atoms. The second-order valence-corrected chi connectivity index (χ2v) is 17.6. The van der Waals surface area contributed by atoms with Crippen molar-refractivity contribution in [3.63, 3.8) is 0 Å². The van der Waals surface area contributed by atoms with Crippen molar-refractivity contribution in [2.75, 3.05) is 4.90 Å². The highest BCUT2D eigenvalue weighted by Gasteiger charge is 2.70. The Morgan fingerprint density at radius 1 is 0.500 bits per heavy atom. The SMILES string of the molecule is c1ccc2c(c1)-c1ccc(-c3ccc(N(c4ccc5c(c4)oc4ccccc45)c4ccc5c(c4)sc4ccccc45)cc3)cc1C1CC3CC4CC2CC431. The molecule has 2 aromatic heterocycles. The molecule has 2 nitrogen and oxygen atoms in total. The molecular weight excluding hydrogens is 675 g/mol. The van der Waals surface area contributed by atoms with Gasteiger partial charge < -0.3 is 9.32 Å². The molecule has 5 atom stereocenters. The quantitative estimate of drug-likeness (QED) is 0.181. The van der Waals surface area contributed by atoms with E-state index in [1.807, 2.05) is 17.4 Å². The summed E-state index contributed by atoms with van der Waals surface area (Å²) in [5.41, 5.74) is 14.5. The molecule has 9 aromatic rings. The van der Waals surface area contributed by atoms with E-state index in [2.05, 4.69) is 150 Å². The fourth-order valence-electron chi connectivity index (χ4n) is 11.8. The van der Waals surface area contributed by atoms with E-state index in [4.69, 9.17) is 4.42 Å². The molecule has 0 aliphatic heterocycles. The highest BCUT2D eigenvalue weighted by Crippen LogP contribution is 2.80. The molecular formula is C51H37NOS. The number of nitrogens with zero attached hydrogens (tertiary/aromatic N) is 1. The molecule has 0 radical (unpaired) electrons. The predicted molar refractivity (Wildman–Crippen MR) is 226 cm³/mol. The molecule has 4 aliphatic carbocycles. The van der Waals surface area contributed by atoms with Gasteiger partial charge in [-0.1, -0.05) is 97.1 Å². The molecule has 258 valence electrons. The Balaban J connectivity index is 0.933. The molecule has 4 aliphatic rings. The van der Waals surface area contributed by atoms with Gasteiger partial charge >= 0.3 is 0 Å². The molecule has 5 unspecified atom stereocenters. The van der Waals surface area contributed by atoms with Gasteiger partial charge in [-0.2, -0.15) is 0 Å². The summed E-state index contributed by atoms with van der Waals surface area (Å²) in [6.07, 6.45) is 5.62. The second kappa shape index (κ2) is 10.7. The van der Waals surface area contributed by atoms with Gasteiger partial charge in [-0.05, 0) is 137 Å². The number of rotatable bonds is 4. The van der Waals surface area contributed by atoms with Crippen LogP contribution in [-0.4, -0.2) is 0 Å². The molecule has 2 heterocycles. The van der Waals surface area contributed by atoms with Gasteiger partial charge in [-0.3, -0.25) is 0 Å². The molecule has 0 amide bonds. The smallest absolute Gasteiger partial charge is 0.137 e. The van der Waals surface area contributed by atoms with Crippen LogP contribution in [0.25, 0.3) is 64.4 Å². The number of fused-ring (bicyclic) bond motifs is 12. The number of anilines is 3.